The second kappa shape index (κ2) is 5.70. The van der Waals surface area contributed by atoms with Crippen LogP contribution in [0.3, 0.4) is 0 Å². The predicted octanol–water partition coefficient (Wildman–Crippen LogP) is 2.29. The number of carbonyl (C=O) groups is 1. The van der Waals surface area contributed by atoms with E-state index in [2.05, 4.69) is 6.07 Å². The summed E-state index contributed by atoms with van der Waals surface area (Å²) in [5.74, 6) is 1.05. The third-order valence-electron chi connectivity index (χ3n) is 4.06. The summed E-state index contributed by atoms with van der Waals surface area (Å²) in [6.45, 7) is 4.35. The third-order valence-corrected chi connectivity index (χ3v) is 5.64. The van der Waals surface area contributed by atoms with Gasteiger partial charge in [0.1, 0.15) is 0 Å². The summed E-state index contributed by atoms with van der Waals surface area (Å²) in [4.78, 5) is 14.3. The van der Waals surface area contributed by atoms with Crippen LogP contribution in [-0.2, 0) is 4.74 Å². The molecule has 3 rings (SSSR count). The van der Waals surface area contributed by atoms with Crippen LogP contribution in [0.1, 0.15) is 29.3 Å². The number of thioether (sulfide) groups is 1. The van der Waals surface area contributed by atoms with Gasteiger partial charge in [-0.15, -0.1) is 11.8 Å². The van der Waals surface area contributed by atoms with Gasteiger partial charge in [0.05, 0.1) is 22.5 Å². The van der Waals surface area contributed by atoms with Crippen LogP contribution in [0.25, 0.3) is 0 Å². The normalized spacial score (nSPS) is 22.9. The van der Waals surface area contributed by atoms with Gasteiger partial charge in [-0.05, 0) is 31.5 Å². The highest BCUT2D eigenvalue weighted by atomic mass is 32.2. The average Bonchev–Trinajstić information content (AvgIpc) is 2.90. The molecule has 2 aliphatic heterocycles. The zero-order valence-corrected chi connectivity index (χ0v) is 12.9. The number of hydrogen-bond donors (Lipinski definition) is 0. The lowest BCUT2D eigenvalue weighted by molar-refractivity contribution is 0.0359. The fourth-order valence-electron chi connectivity index (χ4n) is 3.06. The Bertz CT molecular complexity index is 590. The van der Waals surface area contributed by atoms with E-state index in [1.54, 1.807) is 24.3 Å². The molecule has 0 bridgehead atoms. The molecule has 4 nitrogen and oxygen atoms in total. The topological polar surface area (TPSA) is 53.3 Å². The first-order valence-corrected chi connectivity index (χ1v) is 8.19. The molecule has 1 atom stereocenters. The molecule has 0 saturated carbocycles. The van der Waals surface area contributed by atoms with E-state index in [0.29, 0.717) is 17.2 Å². The molecule has 2 heterocycles. The fraction of sp³-hybridized carbons (Fsp3) is 0.500. The summed E-state index contributed by atoms with van der Waals surface area (Å²) in [6, 6.07) is 8.99. The van der Waals surface area contributed by atoms with Gasteiger partial charge in [0, 0.05) is 31.0 Å². The first kappa shape index (κ1) is 14.4. The summed E-state index contributed by atoms with van der Waals surface area (Å²) in [5.41, 5.74) is 1.14. The second-order valence-corrected chi connectivity index (χ2v) is 7.12. The maximum Gasteiger partial charge on any atom is 0.253 e. The van der Waals surface area contributed by atoms with Gasteiger partial charge < -0.3 is 9.64 Å². The Morgan fingerprint density at radius 1 is 1.57 bits per heavy atom. The fourth-order valence-corrected chi connectivity index (χ4v) is 4.61. The van der Waals surface area contributed by atoms with Gasteiger partial charge >= 0.3 is 0 Å². The number of likely N-dealkylation sites (tertiary alicyclic amines) is 1. The van der Waals surface area contributed by atoms with Crippen LogP contribution in [0, 0.1) is 11.3 Å². The number of rotatable bonds is 3. The van der Waals surface area contributed by atoms with Crippen molar-refractivity contribution in [2.24, 2.45) is 0 Å². The van der Waals surface area contributed by atoms with Gasteiger partial charge in [0.2, 0.25) is 0 Å². The third kappa shape index (κ3) is 2.78. The van der Waals surface area contributed by atoms with Gasteiger partial charge in [-0.25, -0.2) is 0 Å². The lowest BCUT2D eigenvalue weighted by atomic mass is 9.92. The average molecular weight is 302 g/mol. The van der Waals surface area contributed by atoms with Crippen LogP contribution in [0.2, 0.25) is 0 Å². The number of nitrogens with zero attached hydrogens (tertiary/aromatic N) is 2. The summed E-state index contributed by atoms with van der Waals surface area (Å²) >= 11 is 1.93. The van der Waals surface area contributed by atoms with Crippen molar-refractivity contribution in [1.29, 1.82) is 5.26 Å². The first-order valence-electron chi connectivity index (χ1n) is 7.21. The lowest BCUT2D eigenvalue weighted by Crippen LogP contribution is -2.60. The van der Waals surface area contributed by atoms with E-state index >= 15 is 0 Å². The standard InChI is InChI=1S/C16H18N2O2S/c1-2-20-14-7-16(21-9-14)10-18(11-16)15(19)13-5-3-4-12(6-13)8-17/h3-6,14H,2,7,9-11H2,1H3. The Kier molecular flexibility index (Phi) is 3.92. The summed E-state index contributed by atoms with van der Waals surface area (Å²) < 4.78 is 5.88. The molecular formula is C16H18N2O2S. The van der Waals surface area contributed by atoms with Crippen molar-refractivity contribution in [2.75, 3.05) is 25.4 Å². The number of carbonyl (C=O) groups excluding carboxylic acids is 1. The van der Waals surface area contributed by atoms with Gasteiger partial charge in [-0.3, -0.25) is 4.79 Å². The van der Waals surface area contributed by atoms with Gasteiger partial charge in [0.15, 0.2) is 0 Å². The second-order valence-electron chi connectivity index (χ2n) is 5.63. The molecule has 5 heteroatoms. The molecule has 2 saturated heterocycles. The quantitative estimate of drug-likeness (QED) is 0.859. The smallest absolute Gasteiger partial charge is 0.253 e. The Labute approximate surface area is 129 Å². The zero-order chi connectivity index (χ0) is 14.9. The lowest BCUT2D eigenvalue weighted by Gasteiger charge is -2.47. The van der Waals surface area contributed by atoms with Gasteiger partial charge in [-0.1, -0.05) is 6.07 Å². The van der Waals surface area contributed by atoms with Crippen LogP contribution < -0.4 is 0 Å². The monoisotopic (exact) mass is 302 g/mol. The molecule has 2 aliphatic rings. The first-order chi connectivity index (χ1) is 10.2. The Morgan fingerprint density at radius 3 is 3.10 bits per heavy atom. The van der Waals surface area contributed by atoms with Crippen molar-refractivity contribution in [3.63, 3.8) is 0 Å². The largest absolute Gasteiger partial charge is 0.378 e. The minimum atomic E-state index is 0.0261. The number of hydrogen-bond acceptors (Lipinski definition) is 4. The van der Waals surface area contributed by atoms with Crippen molar-refractivity contribution in [3.05, 3.63) is 35.4 Å². The molecule has 0 N–H and O–H groups in total. The van der Waals surface area contributed by atoms with Crippen molar-refractivity contribution >= 4 is 17.7 Å². The minimum absolute atomic E-state index is 0.0261. The Morgan fingerprint density at radius 2 is 2.38 bits per heavy atom. The maximum atomic E-state index is 12.4. The van der Waals surface area contributed by atoms with E-state index in [9.17, 15) is 4.79 Å². The molecule has 1 unspecified atom stereocenters. The molecular weight excluding hydrogens is 284 g/mol. The molecule has 1 aromatic rings. The van der Waals surface area contributed by atoms with Crippen LogP contribution in [0.4, 0.5) is 0 Å². The summed E-state index contributed by atoms with van der Waals surface area (Å²) in [7, 11) is 0. The van der Waals surface area contributed by atoms with E-state index in [4.69, 9.17) is 10.00 Å². The predicted molar refractivity (Wildman–Crippen MR) is 82.3 cm³/mol. The van der Waals surface area contributed by atoms with Gasteiger partial charge in [-0.2, -0.15) is 5.26 Å². The highest BCUT2D eigenvalue weighted by Gasteiger charge is 2.50. The molecule has 110 valence electrons. The summed E-state index contributed by atoms with van der Waals surface area (Å²) in [6.07, 6.45) is 1.37. The van der Waals surface area contributed by atoms with E-state index in [-0.39, 0.29) is 10.7 Å². The zero-order valence-electron chi connectivity index (χ0n) is 12.0. The maximum absolute atomic E-state index is 12.4. The van der Waals surface area contributed by atoms with Crippen molar-refractivity contribution < 1.29 is 9.53 Å². The molecule has 2 fully saturated rings. The van der Waals surface area contributed by atoms with Crippen LogP contribution in [-0.4, -0.2) is 47.1 Å². The molecule has 0 aromatic heterocycles. The number of amides is 1. The number of benzene rings is 1. The molecule has 1 aromatic carbocycles. The van der Waals surface area contributed by atoms with Gasteiger partial charge in [0.25, 0.3) is 5.91 Å². The van der Waals surface area contributed by atoms with E-state index in [1.807, 2.05) is 23.6 Å². The van der Waals surface area contributed by atoms with Crippen LogP contribution >= 0.6 is 11.8 Å². The molecule has 21 heavy (non-hydrogen) atoms. The molecule has 0 radical (unpaired) electrons. The van der Waals surface area contributed by atoms with E-state index in [1.165, 1.54) is 0 Å². The summed E-state index contributed by atoms with van der Waals surface area (Å²) in [5, 5.41) is 8.91. The Balaban J connectivity index is 1.61. The number of ether oxygens (including phenoxy) is 1. The van der Waals surface area contributed by atoms with Crippen molar-refractivity contribution in [2.45, 2.75) is 24.2 Å². The Hall–Kier alpha value is -1.51. The van der Waals surface area contributed by atoms with Crippen LogP contribution in [0.15, 0.2) is 24.3 Å². The highest BCUT2D eigenvalue weighted by molar-refractivity contribution is 8.01. The number of nitriles is 1. The van der Waals surface area contributed by atoms with Crippen LogP contribution in [0.5, 0.6) is 0 Å². The molecule has 1 amide bonds. The van der Waals surface area contributed by atoms with E-state index < -0.39 is 0 Å². The minimum Gasteiger partial charge on any atom is -0.378 e. The SMILES string of the molecule is CCOC1CSC2(C1)CN(C(=O)c1cccc(C#N)c1)C2. The highest BCUT2D eigenvalue weighted by Crippen LogP contribution is 2.46. The van der Waals surface area contributed by atoms with Crippen molar-refractivity contribution in [1.82, 2.24) is 4.90 Å². The molecule has 1 spiro atoms. The van der Waals surface area contributed by atoms with E-state index in [0.717, 1.165) is 31.9 Å². The van der Waals surface area contributed by atoms with Crippen molar-refractivity contribution in [3.8, 4) is 6.07 Å². The molecule has 0 aliphatic carbocycles.